The Hall–Kier alpha value is -3.03. The van der Waals surface area contributed by atoms with Crippen LogP contribution in [0.4, 0.5) is 15.3 Å². The number of carboxylic acids is 1. The number of carboxylic acid groups (broad SMARTS) is 1. The lowest BCUT2D eigenvalue weighted by atomic mass is 10.2. The van der Waals surface area contributed by atoms with Crippen LogP contribution in [0.25, 0.3) is 6.08 Å². The average Bonchev–Trinajstić information content (AvgIpc) is 2.41. The van der Waals surface area contributed by atoms with Gasteiger partial charge in [0.1, 0.15) is 6.61 Å². The van der Waals surface area contributed by atoms with Gasteiger partial charge in [0, 0.05) is 11.8 Å². The standard InChI is InChI=1S/C13H15N3O5/c14-12(19)21-7-6-15-13(20)16-10-3-1-2-9(8-10)4-5-11(17)18/h1-5,8H,6-7H2,(H2,14,19)(H,17,18)(H2,15,16,20)/b5-4+. The zero-order valence-electron chi connectivity index (χ0n) is 11.0. The smallest absolute Gasteiger partial charge is 0.404 e. The van der Waals surface area contributed by atoms with Crippen molar-refractivity contribution >= 4 is 29.9 Å². The first-order valence-electron chi connectivity index (χ1n) is 5.95. The molecule has 0 aliphatic heterocycles. The number of hydrogen-bond donors (Lipinski definition) is 4. The van der Waals surface area contributed by atoms with E-state index in [2.05, 4.69) is 15.4 Å². The highest BCUT2D eigenvalue weighted by molar-refractivity contribution is 5.90. The summed E-state index contributed by atoms with van der Waals surface area (Å²) in [6, 6.07) is 6.15. The summed E-state index contributed by atoms with van der Waals surface area (Å²) in [5, 5.41) is 13.6. The van der Waals surface area contributed by atoms with Crippen LogP contribution in [0.1, 0.15) is 5.56 Å². The van der Waals surface area contributed by atoms with Gasteiger partial charge in [0.2, 0.25) is 0 Å². The molecular weight excluding hydrogens is 278 g/mol. The molecule has 0 spiro atoms. The third-order valence-electron chi connectivity index (χ3n) is 2.19. The highest BCUT2D eigenvalue weighted by Gasteiger charge is 2.02. The van der Waals surface area contributed by atoms with Crippen molar-refractivity contribution in [1.29, 1.82) is 0 Å². The molecule has 5 N–H and O–H groups in total. The normalized spacial score (nSPS) is 10.1. The van der Waals surface area contributed by atoms with Gasteiger partial charge in [-0.3, -0.25) is 0 Å². The fraction of sp³-hybridized carbons (Fsp3) is 0.154. The number of carbonyl (C=O) groups is 3. The zero-order valence-corrected chi connectivity index (χ0v) is 11.0. The minimum atomic E-state index is -1.06. The lowest BCUT2D eigenvalue weighted by molar-refractivity contribution is -0.131. The number of rotatable bonds is 6. The van der Waals surface area contributed by atoms with Crippen LogP contribution < -0.4 is 16.4 Å². The first-order valence-corrected chi connectivity index (χ1v) is 5.95. The van der Waals surface area contributed by atoms with Crippen LogP contribution in [0.15, 0.2) is 30.3 Å². The molecule has 1 rings (SSSR count). The van der Waals surface area contributed by atoms with Crippen molar-refractivity contribution in [2.75, 3.05) is 18.5 Å². The molecule has 0 heterocycles. The summed E-state index contributed by atoms with van der Waals surface area (Å²) in [5.41, 5.74) is 5.89. The van der Waals surface area contributed by atoms with Crippen molar-refractivity contribution in [3.05, 3.63) is 35.9 Å². The monoisotopic (exact) mass is 293 g/mol. The summed E-state index contributed by atoms with van der Waals surface area (Å²) in [6.45, 7) is 0.0948. The van der Waals surface area contributed by atoms with Crippen LogP contribution in [-0.2, 0) is 9.53 Å². The molecular formula is C13H15N3O5. The van der Waals surface area contributed by atoms with Crippen LogP contribution in [-0.4, -0.2) is 36.4 Å². The van der Waals surface area contributed by atoms with E-state index in [1.165, 1.54) is 6.08 Å². The third kappa shape index (κ3) is 7.21. The second-order valence-corrected chi connectivity index (χ2v) is 3.85. The third-order valence-corrected chi connectivity index (χ3v) is 2.19. The largest absolute Gasteiger partial charge is 0.478 e. The maximum absolute atomic E-state index is 11.5. The number of amides is 3. The van der Waals surface area contributed by atoms with Crippen molar-refractivity contribution in [3.8, 4) is 0 Å². The van der Waals surface area contributed by atoms with E-state index in [1.54, 1.807) is 24.3 Å². The minimum absolute atomic E-state index is 0.0237. The Morgan fingerprint density at radius 1 is 1.33 bits per heavy atom. The van der Waals surface area contributed by atoms with Gasteiger partial charge in [0.25, 0.3) is 0 Å². The number of aliphatic carboxylic acids is 1. The van der Waals surface area contributed by atoms with Gasteiger partial charge < -0.3 is 26.2 Å². The van der Waals surface area contributed by atoms with E-state index in [0.717, 1.165) is 6.08 Å². The number of nitrogens with one attached hydrogen (secondary N) is 2. The van der Waals surface area contributed by atoms with Crippen molar-refractivity contribution in [2.45, 2.75) is 0 Å². The summed E-state index contributed by atoms with van der Waals surface area (Å²) in [7, 11) is 0. The topological polar surface area (TPSA) is 131 Å². The van der Waals surface area contributed by atoms with Crippen LogP contribution in [0, 0.1) is 0 Å². The second-order valence-electron chi connectivity index (χ2n) is 3.85. The zero-order chi connectivity index (χ0) is 15.7. The molecule has 0 radical (unpaired) electrons. The van der Waals surface area contributed by atoms with Crippen LogP contribution in [0.5, 0.6) is 0 Å². The maximum atomic E-state index is 11.5. The van der Waals surface area contributed by atoms with Crippen molar-refractivity contribution < 1.29 is 24.2 Å². The van der Waals surface area contributed by atoms with E-state index in [0.29, 0.717) is 11.3 Å². The summed E-state index contributed by atoms with van der Waals surface area (Å²) in [4.78, 5) is 32.3. The molecule has 21 heavy (non-hydrogen) atoms. The van der Waals surface area contributed by atoms with Gasteiger partial charge in [-0.1, -0.05) is 12.1 Å². The van der Waals surface area contributed by atoms with E-state index in [4.69, 9.17) is 10.8 Å². The second kappa shape index (κ2) is 8.20. The van der Waals surface area contributed by atoms with Crippen molar-refractivity contribution in [2.24, 2.45) is 5.73 Å². The number of urea groups is 1. The van der Waals surface area contributed by atoms with Gasteiger partial charge in [-0.2, -0.15) is 0 Å². The van der Waals surface area contributed by atoms with Crippen molar-refractivity contribution in [3.63, 3.8) is 0 Å². The molecule has 112 valence electrons. The quantitative estimate of drug-likeness (QED) is 0.459. The molecule has 0 bridgehead atoms. The Morgan fingerprint density at radius 2 is 2.10 bits per heavy atom. The molecule has 0 aliphatic rings. The highest BCUT2D eigenvalue weighted by atomic mass is 16.5. The van der Waals surface area contributed by atoms with Gasteiger partial charge in [0.05, 0.1) is 6.54 Å². The Kier molecular flexibility index (Phi) is 6.26. The van der Waals surface area contributed by atoms with Crippen molar-refractivity contribution in [1.82, 2.24) is 5.32 Å². The van der Waals surface area contributed by atoms with Crippen LogP contribution in [0.3, 0.4) is 0 Å². The molecule has 1 aromatic rings. The number of benzene rings is 1. The number of nitrogens with two attached hydrogens (primary N) is 1. The molecule has 0 saturated heterocycles. The average molecular weight is 293 g/mol. The van der Waals surface area contributed by atoms with Gasteiger partial charge >= 0.3 is 18.1 Å². The number of carbonyl (C=O) groups excluding carboxylic acids is 2. The SMILES string of the molecule is NC(=O)OCCNC(=O)Nc1cccc(/C=C/C(=O)O)c1. The van der Waals surface area contributed by atoms with Crippen LogP contribution in [0.2, 0.25) is 0 Å². The van der Waals surface area contributed by atoms with Gasteiger partial charge in [-0.15, -0.1) is 0 Å². The molecule has 8 heteroatoms. The maximum Gasteiger partial charge on any atom is 0.404 e. The lowest BCUT2D eigenvalue weighted by Gasteiger charge is -2.08. The van der Waals surface area contributed by atoms with Gasteiger partial charge in [-0.25, -0.2) is 14.4 Å². The first kappa shape index (κ1) is 16.0. The Labute approximate surface area is 120 Å². The van der Waals surface area contributed by atoms with Crippen LogP contribution >= 0.6 is 0 Å². The predicted octanol–water partition coefficient (Wildman–Crippen LogP) is 1.00. The minimum Gasteiger partial charge on any atom is -0.478 e. The number of anilines is 1. The summed E-state index contributed by atoms with van der Waals surface area (Å²) in [6.07, 6.45) is 1.50. The summed E-state index contributed by atoms with van der Waals surface area (Å²) >= 11 is 0. The van der Waals surface area contributed by atoms with E-state index in [9.17, 15) is 14.4 Å². The molecule has 0 atom stereocenters. The van der Waals surface area contributed by atoms with E-state index >= 15 is 0 Å². The fourth-order valence-corrected chi connectivity index (χ4v) is 1.38. The molecule has 0 aliphatic carbocycles. The van der Waals surface area contributed by atoms with E-state index < -0.39 is 18.1 Å². The Morgan fingerprint density at radius 3 is 2.76 bits per heavy atom. The molecule has 0 aromatic heterocycles. The summed E-state index contributed by atoms with van der Waals surface area (Å²) in [5.74, 6) is -1.06. The Balaban J connectivity index is 2.47. The first-order chi connectivity index (χ1) is 9.97. The van der Waals surface area contributed by atoms with E-state index in [-0.39, 0.29) is 13.2 Å². The lowest BCUT2D eigenvalue weighted by Crippen LogP contribution is -2.32. The van der Waals surface area contributed by atoms with Gasteiger partial charge in [0.15, 0.2) is 0 Å². The molecule has 8 nitrogen and oxygen atoms in total. The molecule has 0 fully saturated rings. The van der Waals surface area contributed by atoms with E-state index in [1.807, 2.05) is 0 Å². The molecule has 3 amide bonds. The number of ether oxygens (including phenoxy) is 1. The fourth-order valence-electron chi connectivity index (χ4n) is 1.38. The number of primary amides is 1. The van der Waals surface area contributed by atoms with Gasteiger partial charge in [-0.05, 0) is 23.8 Å². The molecule has 0 saturated carbocycles. The Bertz CT molecular complexity index is 556. The molecule has 1 aromatic carbocycles. The number of hydrogen-bond acceptors (Lipinski definition) is 4. The summed E-state index contributed by atoms with van der Waals surface area (Å²) < 4.78 is 4.45. The molecule has 0 unspecified atom stereocenters. The highest BCUT2D eigenvalue weighted by Crippen LogP contribution is 2.11. The predicted molar refractivity (Wildman–Crippen MR) is 75.7 cm³/mol.